The number of hydrogen-bond donors (Lipinski definition) is 2. The number of anilines is 1. The van der Waals surface area contributed by atoms with Crippen LogP contribution < -0.4 is 5.32 Å². The Morgan fingerprint density at radius 1 is 1.36 bits per heavy atom. The van der Waals surface area contributed by atoms with E-state index < -0.39 is 43.1 Å². The van der Waals surface area contributed by atoms with Gasteiger partial charge in [0, 0.05) is 23.8 Å². The zero-order valence-corrected chi connectivity index (χ0v) is 12.6. The maximum atomic E-state index is 12.8. The molecule has 120 valence electrons. The first-order valence-electron chi connectivity index (χ1n) is 6.14. The topological polar surface area (TPSA) is 82.5 Å². The molecule has 1 aliphatic rings. The molecule has 1 aromatic heterocycles. The van der Waals surface area contributed by atoms with Gasteiger partial charge in [0.25, 0.3) is 0 Å². The molecule has 0 unspecified atom stereocenters. The fraction of sp³-hybridized carbons (Fsp3) is 0.417. The van der Waals surface area contributed by atoms with Crippen LogP contribution >= 0.6 is 15.9 Å². The Kier molecular flexibility index (Phi) is 4.59. The largest absolute Gasteiger partial charge is 0.481 e. The van der Waals surface area contributed by atoms with Gasteiger partial charge in [0.1, 0.15) is 0 Å². The van der Waals surface area contributed by atoms with Crippen molar-refractivity contribution in [2.45, 2.75) is 6.18 Å². The van der Waals surface area contributed by atoms with Gasteiger partial charge in [0.2, 0.25) is 0 Å². The van der Waals surface area contributed by atoms with Crippen LogP contribution in [-0.2, 0) is 4.79 Å². The van der Waals surface area contributed by atoms with Gasteiger partial charge in [-0.3, -0.25) is 9.78 Å². The molecule has 1 fully saturated rings. The lowest BCUT2D eigenvalue weighted by atomic mass is 9.96. The van der Waals surface area contributed by atoms with Crippen molar-refractivity contribution >= 4 is 33.6 Å². The number of alkyl halides is 3. The first-order valence-corrected chi connectivity index (χ1v) is 6.94. The minimum Gasteiger partial charge on any atom is -0.481 e. The minimum absolute atomic E-state index is 0.293. The number of aliphatic carboxylic acids is 1. The number of nitrogens with one attached hydrogen (secondary N) is 1. The summed E-state index contributed by atoms with van der Waals surface area (Å²) in [5, 5.41) is 11.3. The van der Waals surface area contributed by atoms with E-state index in [9.17, 15) is 22.8 Å². The Morgan fingerprint density at radius 3 is 2.55 bits per heavy atom. The number of carboxylic acid groups (broad SMARTS) is 1. The number of likely N-dealkylation sites (tertiary alicyclic amines) is 1. The number of halogens is 4. The standard InChI is InChI=1S/C12H11BrF3N3O3/c13-6-1-7(3-17-2-6)18-11(22)19-4-8(10(20)21)9(5-19)12(14,15)16/h1-3,8-9H,4-5H2,(H,18,22)(H,20,21)/t8-,9-/m1/s1. The molecule has 0 aromatic carbocycles. The van der Waals surface area contributed by atoms with Crippen LogP contribution in [0, 0.1) is 11.8 Å². The van der Waals surface area contributed by atoms with E-state index in [4.69, 9.17) is 5.11 Å². The molecule has 0 saturated carbocycles. The molecule has 2 atom stereocenters. The summed E-state index contributed by atoms with van der Waals surface area (Å²) in [5.41, 5.74) is 0.293. The van der Waals surface area contributed by atoms with Crippen LogP contribution in [0.1, 0.15) is 0 Å². The lowest BCUT2D eigenvalue weighted by Gasteiger charge is -2.18. The normalized spacial score (nSPS) is 21.7. The smallest absolute Gasteiger partial charge is 0.394 e. The second-order valence-electron chi connectivity index (χ2n) is 4.82. The summed E-state index contributed by atoms with van der Waals surface area (Å²) in [6, 6.07) is 0.731. The van der Waals surface area contributed by atoms with Gasteiger partial charge in [-0.2, -0.15) is 13.2 Å². The van der Waals surface area contributed by atoms with E-state index in [2.05, 4.69) is 26.2 Å². The zero-order valence-electron chi connectivity index (χ0n) is 11.0. The summed E-state index contributed by atoms with van der Waals surface area (Å²) < 4.78 is 39.1. The van der Waals surface area contributed by atoms with Crippen LogP contribution in [-0.4, -0.2) is 46.3 Å². The van der Waals surface area contributed by atoms with Gasteiger partial charge in [-0.05, 0) is 22.0 Å². The third-order valence-electron chi connectivity index (χ3n) is 3.30. The molecule has 6 nitrogen and oxygen atoms in total. The van der Waals surface area contributed by atoms with E-state index in [0.29, 0.717) is 10.2 Å². The first-order chi connectivity index (χ1) is 10.2. The van der Waals surface area contributed by atoms with Crippen molar-refractivity contribution in [3.8, 4) is 0 Å². The highest BCUT2D eigenvalue weighted by atomic mass is 79.9. The molecule has 22 heavy (non-hydrogen) atoms. The zero-order chi connectivity index (χ0) is 16.5. The Hall–Kier alpha value is -1.84. The molecule has 10 heteroatoms. The van der Waals surface area contributed by atoms with Crippen LogP contribution in [0.15, 0.2) is 22.9 Å². The Bertz CT molecular complexity index is 596. The number of pyridine rings is 1. The van der Waals surface area contributed by atoms with E-state index in [1.54, 1.807) is 0 Å². The summed E-state index contributed by atoms with van der Waals surface area (Å²) >= 11 is 3.15. The molecular formula is C12H11BrF3N3O3. The van der Waals surface area contributed by atoms with Gasteiger partial charge >= 0.3 is 18.2 Å². The predicted octanol–water partition coefficient (Wildman–Crippen LogP) is 2.57. The SMILES string of the molecule is O=C(O)[C@@H]1CN(C(=O)Nc2cncc(Br)c2)C[C@H]1C(F)(F)F. The number of carboxylic acids is 1. The summed E-state index contributed by atoms with van der Waals surface area (Å²) in [6.07, 6.45) is -1.87. The number of carbonyl (C=O) groups excluding carboxylic acids is 1. The predicted molar refractivity (Wildman–Crippen MR) is 73.2 cm³/mol. The van der Waals surface area contributed by atoms with Crippen LogP contribution in [0.4, 0.5) is 23.7 Å². The fourth-order valence-electron chi connectivity index (χ4n) is 2.23. The Morgan fingerprint density at radius 2 is 2.05 bits per heavy atom. The molecule has 2 heterocycles. The van der Waals surface area contributed by atoms with E-state index in [1.807, 2.05) is 0 Å². The van der Waals surface area contributed by atoms with Gasteiger partial charge in [-0.15, -0.1) is 0 Å². The average Bonchev–Trinajstić information content (AvgIpc) is 2.83. The van der Waals surface area contributed by atoms with Crippen molar-refractivity contribution in [1.29, 1.82) is 0 Å². The third-order valence-corrected chi connectivity index (χ3v) is 3.73. The van der Waals surface area contributed by atoms with Crippen molar-refractivity contribution < 1.29 is 27.9 Å². The summed E-state index contributed by atoms with van der Waals surface area (Å²) in [5.74, 6) is -5.30. The number of carbonyl (C=O) groups is 2. The minimum atomic E-state index is -4.67. The highest BCUT2D eigenvalue weighted by molar-refractivity contribution is 9.10. The van der Waals surface area contributed by atoms with Crippen LogP contribution in [0.5, 0.6) is 0 Å². The highest BCUT2D eigenvalue weighted by Gasteiger charge is 2.53. The quantitative estimate of drug-likeness (QED) is 0.824. The molecule has 1 aliphatic heterocycles. The van der Waals surface area contributed by atoms with E-state index >= 15 is 0 Å². The average molecular weight is 382 g/mol. The first kappa shape index (κ1) is 16.5. The summed E-state index contributed by atoms with van der Waals surface area (Å²) in [4.78, 5) is 27.6. The maximum Gasteiger partial charge on any atom is 0.394 e. The molecule has 2 rings (SSSR count). The molecule has 1 saturated heterocycles. The monoisotopic (exact) mass is 381 g/mol. The number of amides is 2. The van der Waals surface area contributed by atoms with Gasteiger partial charge in [-0.1, -0.05) is 0 Å². The van der Waals surface area contributed by atoms with E-state index in [-0.39, 0.29) is 0 Å². The lowest BCUT2D eigenvalue weighted by Crippen LogP contribution is -2.35. The van der Waals surface area contributed by atoms with Crippen molar-refractivity contribution in [3.63, 3.8) is 0 Å². The van der Waals surface area contributed by atoms with Crippen molar-refractivity contribution in [2.75, 3.05) is 18.4 Å². The molecular weight excluding hydrogens is 371 g/mol. The van der Waals surface area contributed by atoms with Crippen LogP contribution in [0.2, 0.25) is 0 Å². The molecule has 0 bridgehead atoms. The third kappa shape index (κ3) is 3.67. The molecule has 1 aromatic rings. The number of hydrogen-bond acceptors (Lipinski definition) is 3. The van der Waals surface area contributed by atoms with Crippen molar-refractivity contribution in [1.82, 2.24) is 9.88 Å². The van der Waals surface area contributed by atoms with E-state index in [0.717, 1.165) is 4.90 Å². The Labute approximate surface area is 131 Å². The lowest BCUT2D eigenvalue weighted by molar-refractivity contribution is -0.187. The van der Waals surface area contributed by atoms with Crippen LogP contribution in [0.3, 0.4) is 0 Å². The number of nitrogens with zero attached hydrogens (tertiary/aromatic N) is 2. The van der Waals surface area contributed by atoms with Gasteiger partial charge < -0.3 is 15.3 Å². The van der Waals surface area contributed by atoms with Gasteiger partial charge in [-0.25, -0.2) is 4.79 Å². The number of urea groups is 1. The summed E-state index contributed by atoms with van der Waals surface area (Å²) in [7, 11) is 0. The van der Waals surface area contributed by atoms with Crippen molar-refractivity contribution in [3.05, 3.63) is 22.9 Å². The fourth-order valence-corrected chi connectivity index (χ4v) is 2.60. The highest BCUT2D eigenvalue weighted by Crippen LogP contribution is 2.37. The summed E-state index contributed by atoms with van der Waals surface area (Å²) in [6.45, 7) is -1.18. The molecule has 0 aliphatic carbocycles. The van der Waals surface area contributed by atoms with Gasteiger partial charge in [0.05, 0.1) is 23.7 Å². The Balaban J connectivity index is 2.10. The van der Waals surface area contributed by atoms with Crippen LogP contribution in [0.25, 0.3) is 0 Å². The molecule has 2 amide bonds. The molecule has 2 N–H and O–H groups in total. The van der Waals surface area contributed by atoms with Gasteiger partial charge in [0.15, 0.2) is 0 Å². The maximum absolute atomic E-state index is 12.8. The van der Waals surface area contributed by atoms with E-state index in [1.165, 1.54) is 18.5 Å². The second kappa shape index (κ2) is 6.11. The number of aromatic nitrogens is 1. The molecule has 0 radical (unpaired) electrons. The van der Waals surface area contributed by atoms with Crippen molar-refractivity contribution in [2.24, 2.45) is 11.8 Å². The number of rotatable bonds is 2. The molecule has 0 spiro atoms. The second-order valence-corrected chi connectivity index (χ2v) is 5.74.